The van der Waals surface area contributed by atoms with Gasteiger partial charge in [0.2, 0.25) is 0 Å². The van der Waals surface area contributed by atoms with Gasteiger partial charge in [-0.1, -0.05) is 18.5 Å². The van der Waals surface area contributed by atoms with E-state index in [9.17, 15) is 4.79 Å². The first-order valence-electron chi connectivity index (χ1n) is 5.96. The van der Waals surface area contributed by atoms with Crippen molar-refractivity contribution in [2.75, 3.05) is 6.54 Å². The Morgan fingerprint density at radius 3 is 2.71 bits per heavy atom. The van der Waals surface area contributed by atoms with E-state index in [-0.39, 0.29) is 17.7 Å². The van der Waals surface area contributed by atoms with Crippen LogP contribution < -0.4 is 5.73 Å². The molecule has 0 saturated heterocycles. The van der Waals surface area contributed by atoms with Crippen LogP contribution in [0, 0.1) is 5.92 Å². The highest BCUT2D eigenvalue weighted by Crippen LogP contribution is 2.23. The smallest absolute Gasteiger partial charge is 0.185 e. The molecular formula is C12H20ClN3O. The lowest BCUT2D eigenvalue weighted by atomic mass is 9.98. The van der Waals surface area contributed by atoms with Crippen LogP contribution in [-0.4, -0.2) is 22.1 Å². The Balaban J connectivity index is 2.91. The van der Waals surface area contributed by atoms with Crippen molar-refractivity contribution in [2.24, 2.45) is 11.7 Å². The average Bonchev–Trinajstić information content (AvgIpc) is 2.67. The summed E-state index contributed by atoms with van der Waals surface area (Å²) >= 11 is 6.03. The predicted octanol–water partition coefficient (Wildman–Crippen LogP) is 2.68. The molecule has 1 aromatic rings. The van der Waals surface area contributed by atoms with Gasteiger partial charge in [-0.25, -0.2) is 0 Å². The van der Waals surface area contributed by atoms with Gasteiger partial charge in [0.25, 0.3) is 0 Å². The van der Waals surface area contributed by atoms with E-state index in [1.165, 1.54) is 6.20 Å². The van der Waals surface area contributed by atoms with Crippen LogP contribution in [0.3, 0.4) is 0 Å². The van der Waals surface area contributed by atoms with Gasteiger partial charge in [0.1, 0.15) is 5.69 Å². The van der Waals surface area contributed by atoms with Crippen LogP contribution in [0.2, 0.25) is 5.02 Å². The molecule has 0 radical (unpaired) electrons. The number of Topliss-reactive ketones (excluding diaryl/α,β-unsaturated/α-hetero) is 1. The fourth-order valence-corrected chi connectivity index (χ4v) is 1.98. The largest absolute Gasteiger partial charge is 0.330 e. The monoisotopic (exact) mass is 257 g/mol. The van der Waals surface area contributed by atoms with E-state index in [4.69, 9.17) is 17.3 Å². The van der Waals surface area contributed by atoms with Gasteiger partial charge in [-0.05, 0) is 33.2 Å². The highest BCUT2D eigenvalue weighted by Gasteiger charge is 2.23. The molecule has 0 amide bonds. The van der Waals surface area contributed by atoms with Crippen LogP contribution in [0.1, 0.15) is 50.1 Å². The Labute approximate surface area is 107 Å². The first-order chi connectivity index (χ1) is 7.99. The van der Waals surface area contributed by atoms with Crippen LogP contribution in [0.25, 0.3) is 0 Å². The van der Waals surface area contributed by atoms with Crippen molar-refractivity contribution in [1.82, 2.24) is 9.78 Å². The fourth-order valence-electron chi connectivity index (χ4n) is 1.75. The second-order valence-electron chi connectivity index (χ2n) is 4.58. The number of carbonyl (C=O) groups is 1. The van der Waals surface area contributed by atoms with Crippen LogP contribution >= 0.6 is 11.6 Å². The lowest BCUT2D eigenvalue weighted by molar-refractivity contribution is 0.0910. The molecule has 0 saturated carbocycles. The molecule has 0 fully saturated rings. The molecular weight excluding hydrogens is 238 g/mol. The Bertz CT molecular complexity index is 387. The summed E-state index contributed by atoms with van der Waals surface area (Å²) in [5, 5.41) is 4.57. The van der Waals surface area contributed by atoms with Gasteiger partial charge < -0.3 is 5.73 Å². The zero-order chi connectivity index (χ0) is 13.0. The minimum absolute atomic E-state index is 0.0506. The minimum Gasteiger partial charge on any atom is -0.330 e. The molecule has 1 aromatic heterocycles. The molecule has 1 unspecified atom stereocenters. The second-order valence-corrected chi connectivity index (χ2v) is 4.98. The summed E-state index contributed by atoms with van der Waals surface area (Å²) in [5.74, 6) is -0.0140. The molecule has 1 atom stereocenters. The molecule has 0 bridgehead atoms. The zero-order valence-corrected chi connectivity index (χ0v) is 11.4. The summed E-state index contributed by atoms with van der Waals surface area (Å²) in [6, 6.07) is 0.128. The Hall–Kier alpha value is -0.870. The molecule has 17 heavy (non-hydrogen) atoms. The Morgan fingerprint density at radius 2 is 2.18 bits per heavy atom. The van der Waals surface area contributed by atoms with Gasteiger partial charge in [-0.2, -0.15) is 5.10 Å². The summed E-state index contributed by atoms with van der Waals surface area (Å²) in [6.45, 7) is 6.47. The van der Waals surface area contributed by atoms with Crippen LogP contribution in [0.15, 0.2) is 6.20 Å². The van der Waals surface area contributed by atoms with Crippen molar-refractivity contribution in [3.8, 4) is 0 Å². The fraction of sp³-hybridized carbons (Fsp3) is 0.667. The third-order valence-corrected chi connectivity index (χ3v) is 3.04. The SMILES string of the molecule is CC(CCCN)C(=O)c1c(Cl)cnn1C(C)C. The maximum Gasteiger partial charge on any atom is 0.185 e. The van der Waals surface area contributed by atoms with E-state index >= 15 is 0 Å². The van der Waals surface area contributed by atoms with Crippen molar-refractivity contribution in [2.45, 2.75) is 39.7 Å². The number of aromatic nitrogens is 2. The molecule has 0 aliphatic heterocycles. The molecule has 0 aliphatic carbocycles. The summed E-state index contributed by atoms with van der Waals surface area (Å²) in [5.41, 5.74) is 5.97. The number of nitrogens with zero attached hydrogens (tertiary/aromatic N) is 2. The molecule has 0 aliphatic rings. The lowest BCUT2D eigenvalue weighted by Gasteiger charge is -2.14. The number of carbonyl (C=O) groups excluding carboxylic acids is 1. The summed E-state index contributed by atoms with van der Waals surface area (Å²) in [7, 11) is 0. The van der Waals surface area contributed by atoms with Crippen molar-refractivity contribution in [3.05, 3.63) is 16.9 Å². The van der Waals surface area contributed by atoms with E-state index in [1.54, 1.807) is 4.68 Å². The van der Waals surface area contributed by atoms with Crippen molar-refractivity contribution in [3.63, 3.8) is 0 Å². The summed E-state index contributed by atoms with van der Waals surface area (Å²) in [4.78, 5) is 12.3. The maximum atomic E-state index is 12.3. The van der Waals surface area contributed by atoms with Gasteiger partial charge in [0.15, 0.2) is 5.78 Å². The first kappa shape index (κ1) is 14.2. The number of halogens is 1. The topological polar surface area (TPSA) is 60.9 Å². The van der Waals surface area contributed by atoms with E-state index in [2.05, 4.69) is 5.10 Å². The van der Waals surface area contributed by atoms with Crippen molar-refractivity contribution >= 4 is 17.4 Å². The summed E-state index contributed by atoms with van der Waals surface area (Å²) < 4.78 is 1.68. The molecule has 0 spiro atoms. The molecule has 4 nitrogen and oxygen atoms in total. The van der Waals surface area contributed by atoms with E-state index < -0.39 is 0 Å². The van der Waals surface area contributed by atoms with Gasteiger partial charge in [0.05, 0.1) is 11.2 Å². The molecule has 96 valence electrons. The third kappa shape index (κ3) is 3.30. The first-order valence-corrected chi connectivity index (χ1v) is 6.34. The lowest BCUT2D eigenvalue weighted by Crippen LogP contribution is -2.19. The molecule has 1 rings (SSSR count). The van der Waals surface area contributed by atoms with Gasteiger partial charge in [-0.3, -0.25) is 9.48 Å². The van der Waals surface area contributed by atoms with E-state index in [1.807, 2.05) is 20.8 Å². The predicted molar refractivity (Wildman–Crippen MR) is 69.4 cm³/mol. The van der Waals surface area contributed by atoms with Gasteiger partial charge in [-0.15, -0.1) is 0 Å². The summed E-state index contributed by atoms with van der Waals surface area (Å²) in [6.07, 6.45) is 3.17. The minimum atomic E-state index is -0.0646. The van der Waals surface area contributed by atoms with E-state index in [0.29, 0.717) is 17.3 Å². The van der Waals surface area contributed by atoms with Crippen molar-refractivity contribution in [1.29, 1.82) is 0 Å². The average molecular weight is 258 g/mol. The normalized spacial score (nSPS) is 13.1. The van der Waals surface area contributed by atoms with Crippen molar-refractivity contribution < 1.29 is 4.79 Å². The van der Waals surface area contributed by atoms with Crippen LogP contribution in [0.4, 0.5) is 0 Å². The van der Waals surface area contributed by atoms with Gasteiger partial charge >= 0.3 is 0 Å². The molecule has 2 N–H and O–H groups in total. The standard InChI is InChI=1S/C12H20ClN3O/c1-8(2)16-11(10(13)7-15-16)12(17)9(3)5-4-6-14/h7-9H,4-6,14H2,1-3H3. The van der Waals surface area contributed by atoms with Crippen LogP contribution in [-0.2, 0) is 0 Å². The number of nitrogens with two attached hydrogens (primary N) is 1. The molecule has 0 aromatic carbocycles. The van der Waals surface area contributed by atoms with Crippen LogP contribution in [0.5, 0.6) is 0 Å². The Kier molecular flexibility index (Phi) is 5.15. The molecule has 1 heterocycles. The zero-order valence-electron chi connectivity index (χ0n) is 10.6. The number of hydrogen-bond acceptors (Lipinski definition) is 3. The highest BCUT2D eigenvalue weighted by molar-refractivity contribution is 6.33. The third-order valence-electron chi connectivity index (χ3n) is 2.76. The molecule has 5 heteroatoms. The van der Waals surface area contributed by atoms with E-state index in [0.717, 1.165) is 12.8 Å². The number of ketones is 1. The maximum absolute atomic E-state index is 12.3. The second kappa shape index (κ2) is 6.17. The quantitative estimate of drug-likeness (QED) is 0.797. The van der Waals surface area contributed by atoms with Gasteiger partial charge in [0, 0.05) is 12.0 Å². The number of rotatable bonds is 6. The Morgan fingerprint density at radius 1 is 1.53 bits per heavy atom. The highest BCUT2D eigenvalue weighted by atomic mass is 35.5. The number of hydrogen-bond donors (Lipinski definition) is 1.